The SMILES string of the molecule is C=CC(=O)NC(C#N)C1CCN(C)CC1. The third-order valence-electron chi connectivity index (χ3n) is 2.86. The van der Waals surface area contributed by atoms with Gasteiger partial charge in [-0.15, -0.1) is 0 Å². The van der Waals surface area contributed by atoms with E-state index in [1.165, 1.54) is 6.08 Å². The van der Waals surface area contributed by atoms with E-state index in [1.54, 1.807) is 0 Å². The molecule has 1 amide bonds. The molecule has 1 aliphatic rings. The number of carbonyl (C=O) groups excluding carboxylic acids is 1. The van der Waals surface area contributed by atoms with Gasteiger partial charge in [0, 0.05) is 0 Å². The zero-order valence-corrected chi connectivity index (χ0v) is 9.07. The number of nitrogens with zero attached hydrogens (tertiary/aromatic N) is 2. The number of hydrogen-bond donors (Lipinski definition) is 1. The Kier molecular flexibility index (Phi) is 4.32. The number of hydrogen-bond acceptors (Lipinski definition) is 3. The Morgan fingerprint density at radius 3 is 2.73 bits per heavy atom. The summed E-state index contributed by atoms with van der Waals surface area (Å²) in [5, 5.41) is 11.6. The van der Waals surface area contributed by atoms with Crippen molar-refractivity contribution in [3.63, 3.8) is 0 Å². The second-order valence-corrected chi connectivity index (χ2v) is 3.96. The lowest BCUT2D eigenvalue weighted by molar-refractivity contribution is -0.117. The average Bonchev–Trinajstić information content (AvgIpc) is 2.27. The van der Waals surface area contributed by atoms with Gasteiger partial charge in [-0.25, -0.2) is 0 Å². The average molecular weight is 207 g/mol. The molecule has 4 nitrogen and oxygen atoms in total. The lowest BCUT2D eigenvalue weighted by Gasteiger charge is -2.31. The largest absolute Gasteiger partial charge is 0.337 e. The lowest BCUT2D eigenvalue weighted by atomic mass is 9.90. The maximum atomic E-state index is 11.1. The molecule has 1 saturated heterocycles. The molecule has 1 unspecified atom stereocenters. The first-order valence-electron chi connectivity index (χ1n) is 5.18. The highest BCUT2D eigenvalue weighted by Gasteiger charge is 2.25. The molecule has 0 aromatic heterocycles. The number of rotatable bonds is 3. The fourth-order valence-corrected chi connectivity index (χ4v) is 1.83. The molecule has 0 aromatic rings. The minimum absolute atomic E-state index is 0.263. The zero-order chi connectivity index (χ0) is 11.3. The number of nitrogens with one attached hydrogen (secondary N) is 1. The van der Waals surface area contributed by atoms with Crippen molar-refractivity contribution in [3.05, 3.63) is 12.7 Å². The second kappa shape index (κ2) is 5.52. The van der Waals surface area contributed by atoms with Gasteiger partial charge in [0.2, 0.25) is 5.91 Å². The topological polar surface area (TPSA) is 56.1 Å². The van der Waals surface area contributed by atoms with Crippen molar-refractivity contribution in [2.75, 3.05) is 20.1 Å². The summed E-state index contributed by atoms with van der Waals surface area (Å²) < 4.78 is 0. The van der Waals surface area contributed by atoms with Crippen LogP contribution in [0.15, 0.2) is 12.7 Å². The number of piperidine rings is 1. The van der Waals surface area contributed by atoms with Crippen LogP contribution in [0, 0.1) is 17.2 Å². The van der Waals surface area contributed by atoms with E-state index in [0.717, 1.165) is 25.9 Å². The van der Waals surface area contributed by atoms with Gasteiger partial charge in [0.15, 0.2) is 0 Å². The Morgan fingerprint density at radius 2 is 2.27 bits per heavy atom. The maximum Gasteiger partial charge on any atom is 0.244 e. The molecule has 1 rings (SSSR count). The second-order valence-electron chi connectivity index (χ2n) is 3.96. The van der Waals surface area contributed by atoms with Gasteiger partial charge in [0.25, 0.3) is 0 Å². The van der Waals surface area contributed by atoms with Crippen molar-refractivity contribution >= 4 is 5.91 Å². The summed E-state index contributed by atoms with van der Waals surface area (Å²) in [5.74, 6) is 0.00979. The van der Waals surface area contributed by atoms with Gasteiger partial charge in [0.05, 0.1) is 6.07 Å². The monoisotopic (exact) mass is 207 g/mol. The van der Waals surface area contributed by atoms with Crippen molar-refractivity contribution in [2.24, 2.45) is 5.92 Å². The third kappa shape index (κ3) is 3.37. The predicted molar refractivity (Wildman–Crippen MR) is 58.0 cm³/mol. The molecule has 1 heterocycles. The van der Waals surface area contributed by atoms with Crippen LogP contribution in [-0.2, 0) is 4.79 Å². The first kappa shape index (κ1) is 11.7. The fourth-order valence-electron chi connectivity index (χ4n) is 1.83. The molecule has 0 aromatic carbocycles. The van der Waals surface area contributed by atoms with Gasteiger partial charge in [-0.2, -0.15) is 5.26 Å². The Labute approximate surface area is 90.6 Å². The molecule has 1 aliphatic heterocycles. The Morgan fingerprint density at radius 1 is 1.67 bits per heavy atom. The molecular formula is C11H17N3O. The van der Waals surface area contributed by atoms with Gasteiger partial charge in [-0.1, -0.05) is 6.58 Å². The number of likely N-dealkylation sites (tertiary alicyclic amines) is 1. The van der Waals surface area contributed by atoms with Gasteiger partial charge >= 0.3 is 0 Å². The van der Waals surface area contributed by atoms with E-state index >= 15 is 0 Å². The molecule has 0 radical (unpaired) electrons. The third-order valence-corrected chi connectivity index (χ3v) is 2.86. The summed E-state index contributed by atoms with van der Waals surface area (Å²) in [7, 11) is 2.07. The van der Waals surface area contributed by atoms with Crippen LogP contribution in [0.25, 0.3) is 0 Å². The molecule has 4 heteroatoms. The van der Waals surface area contributed by atoms with E-state index in [-0.39, 0.29) is 17.9 Å². The molecule has 82 valence electrons. The lowest BCUT2D eigenvalue weighted by Crippen LogP contribution is -2.43. The summed E-state index contributed by atoms with van der Waals surface area (Å²) in [6.45, 7) is 5.36. The number of amides is 1. The Hall–Kier alpha value is -1.34. The van der Waals surface area contributed by atoms with Gasteiger partial charge in [-0.3, -0.25) is 4.79 Å². The van der Waals surface area contributed by atoms with Crippen LogP contribution < -0.4 is 5.32 Å². The molecule has 0 saturated carbocycles. The number of carbonyl (C=O) groups is 1. The van der Waals surface area contributed by atoms with E-state index < -0.39 is 0 Å². The van der Waals surface area contributed by atoms with Crippen molar-refractivity contribution in [1.29, 1.82) is 5.26 Å². The van der Waals surface area contributed by atoms with Crippen molar-refractivity contribution in [1.82, 2.24) is 10.2 Å². The van der Waals surface area contributed by atoms with Gasteiger partial charge in [0.1, 0.15) is 6.04 Å². The minimum Gasteiger partial charge on any atom is -0.337 e. The summed E-state index contributed by atoms with van der Waals surface area (Å²) in [5.41, 5.74) is 0. The normalized spacial score (nSPS) is 20.3. The molecule has 1 N–H and O–H groups in total. The fraction of sp³-hybridized carbons (Fsp3) is 0.636. The van der Waals surface area contributed by atoms with E-state index in [1.807, 2.05) is 0 Å². The highest BCUT2D eigenvalue weighted by molar-refractivity contribution is 5.87. The van der Waals surface area contributed by atoms with Crippen molar-refractivity contribution < 1.29 is 4.79 Å². The smallest absolute Gasteiger partial charge is 0.244 e. The summed E-state index contributed by atoms with van der Waals surface area (Å²) in [4.78, 5) is 13.3. The van der Waals surface area contributed by atoms with Crippen LogP contribution in [0.4, 0.5) is 0 Å². The molecule has 1 fully saturated rings. The van der Waals surface area contributed by atoms with Gasteiger partial charge < -0.3 is 10.2 Å². The maximum absolute atomic E-state index is 11.1. The molecule has 15 heavy (non-hydrogen) atoms. The summed E-state index contributed by atoms with van der Waals surface area (Å²) in [6, 6.07) is 1.78. The highest BCUT2D eigenvalue weighted by atomic mass is 16.1. The standard InChI is InChI=1S/C11H17N3O/c1-3-11(15)13-10(8-12)9-4-6-14(2)7-5-9/h3,9-10H,1,4-7H2,2H3,(H,13,15). The quantitative estimate of drug-likeness (QED) is 0.686. The van der Waals surface area contributed by atoms with E-state index in [2.05, 4.69) is 29.9 Å². The summed E-state index contributed by atoms with van der Waals surface area (Å²) in [6.07, 6.45) is 3.14. The van der Waals surface area contributed by atoms with Crippen LogP contribution in [-0.4, -0.2) is 37.0 Å². The van der Waals surface area contributed by atoms with E-state index in [9.17, 15) is 4.79 Å². The first-order valence-corrected chi connectivity index (χ1v) is 5.18. The molecule has 0 spiro atoms. The molecular weight excluding hydrogens is 190 g/mol. The van der Waals surface area contributed by atoms with Crippen LogP contribution in [0.5, 0.6) is 0 Å². The van der Waals surface area contributed by atoms with E-state index in [0.29, 0.717) is 0 Å². The van der Waals surface area contributed by atoms with Crippen LogP contribution >= 0.6 is 0 Å². The van der Waals surface area contributed by atoms with E-state index in [4.69, 9.17) is 5.26 Å². The van der Waals surface area contributed by atoms with Crippen molar-refractivity contribution in [2.45, 2.75) is 18.9 Å². The molecule has 1 atom stereocenters. The molecule has 0 bridgehead atoms. The van der Waals surface area contributed by atoms with Crippen LogP contribution in [0.3, 0.4) is 0 Å². The predicted octanol–water partition coefficient (Wildman–Crippen LogP) is 0.523. The van der Waals surface area contributed by atoms with Crippen LogP contribution in [0.2, 0.25) is 0 Å². The van der Waals surface area contributed by atoms with Crippen LogP contribution in [0.1, 0.15) is 12.8 Å². The summed E-state index contributed by atoms with van der Waals surface area (Å²) >= 11 is 0. The minimum atomic E-state index is -0.371. The first-order chi connectivity index (χ1) is 7.17. The van der Waals surface area contributed by atoms with Crippen molar-refractivity contribution in [3.8, 4) is 6.07 Å². The zero-order valence-electron chi connectivity index (χ0n) is 9.07. The highest BCUT2D eigenvalue weighted by Crippen LogP contribution is 2.19. The Bertz CT molecular complexity index is 274. The van der Waals surface area contributed by atoms with Gasteiger partial charge in [-0.05, 0) is 45.0 Å². The Balaban J connectivity index is 2.48. The molecule has 0 aliphatic carbocycles. The number of nitriles is 1.